The molecule has 0 unspecified atom stereocenters. The third kappa shape index (κ3) is 4.17. The molecule has 0 radical (unpaired) electrons. The molecular formula is C20H23F2NO2. The van der Waals surface area contributed by atoms with Crippen molar-refractivity contribution < 1.29 is 19.0 Å². The Morgan fingerprint density at radius 2 is 1.88 bits per heavy atom. The van der Waals surface area contributed by atoms with Gasteiger partial charge in [-0.15, -0.1) is 0 Å². The molecule has 3 rings (SSSR count). The highest BCUT2D eigenvalue weighted by Gasteiger charge is 2.36. The van der Waals surface area contributed by atoms with Gasteiger partial charge in [-0.3, -0.25) is 4.90 Å². The van der Waals surface area contributed by atoms with E-state index in [0.29, 0.717) is 25.1 Å². The van der Waals surface area contributed by atoms with Crippen molar-refractivity contribution in [2.45, 2.75) is 25.8 Å². The number of para-hydroxylation sites is 1. The van der Waals surface area contributed by atoms with E-state index in [0.717, 1.165) is 31.0 Å². The van der Waals surface area contributed by atoms with Gasteiger partial charge >= 0.3 is 0 Å². The Labute approximate surface area is 146 Å². The summed E-state index contributed by atoms with van der Waals surface area (Å²) in [5, 5.41) is 20.0. The lowest BCUT2D eigenvalue weighted by Gasteiger charge is -2.42. The summed E-state index contributed by atoms with van der Waals surface area (Å²) < 4.78 is 27.2. The van der Waals surface area contributed by atoms with Gasteiger partial charge in [0, 0.05) is 30.1 Å². The van der Waals surface area contributed by atoms with Crippen LogP contribution in [0.25, 0.3) is 0 Å². The first kappa shape index (κ1) is 17.8. The van der Waals surface area contributed by atoms with Gasteiger partial charge in [0.25, 0.3) is 0 Å². The summed E-state index contributed by atoms with van der Waals surface area (Å²) in [5.74, 6) is -0.901. The molecule has 1 saturated heterocycles. The molecule has 0 aromatic heterocycles. The van der Waals surface area contributed by atoms with E-state index in [9.17, 15) is 19.0 Å². The zero-order valence-corrected chi connectivity index (χ0v) is 14.1. The van der Waals surface area contributed by atoms with Crippen LogP contribution in [-0.2, 0) is 13.0 Å². The van der Waals surface area contributed by atoms with Crippen LogP contribution in [0, 0.1) is 17.0 Å². The Hall–Kier alpha value is -1.98. The van der Waals surface area contributed by atoms with E-state index in [-0.39, 0.29) is 12.4 Å². The molecule has 134 valence electrons. The number of aromatic hydroxyl groups is 1. The predicted molar refractivity (Wildman–Crippen MR) is 92.2 cm³/mol. The number of aliphatic hydroxyl groups is 1. The number of halogens is 2. The number of phenols is 1. The molecule has 5 heteroatoms. The van der Waals surface area contributed by atoms with E-state index in [2.05, 4.69) is 4.90 Å². The van der Waals surface area contributed by atoms with Gasteiger partial charge in [0.1, 0.15) is 17.4 Å². The molecule has 1 aliphatic rings. The number of hydrogen-bond acceptors (Lipinski definition) is 3. The molecule has 1 heterocycles. The first-order chi connectivity index (χ1) is 12.0. The molecule has 0 amide bonds. The zero-order chi connectivity index (χ0) is 17.9. The number of hydrogen-bond donors (Lipinski definition) is 2. The molecule has 3 nitrogen and oxygen atoms in total. The normalized spacial score (nSPS) is 21.4. The van der Waals surface area contributed by atoms with E-state index < -0.39 is 17.0 Å². The molecule has 1 fully saturated rings. The molecule has 25 heavy (non-hydrogen) atoms. The van der Waals surface area contributed by atoms with Crippen LogP contribution in [0.1, 0.15) is 24.0 Å². The van der Waals surface area contributed by atoms with Gasteiger partial charge in [-0.2, -0.15) is 0 Å². The first-order valence-corrected chi connectivity index (χ1v) is 8.55. The van der Waals surface area contributed by atoms with E-state index >= 15 is 0 Å². The van der Waals surface area contributed by atoms with Crippen molar-refractivity contribution in [2.75, 3.05) is 19.7 Å². The largest absolute Gasteiger partial charge is 0.508 e. The standard InChI is InChI=1S/C20H23F2NO2/c21-17-7-6-15(18(22)10-17)11-20(14-24)8-3-9-23(13-20)12-16-4-1-2-5-19(16)25/h1-2,4-7,10,24-25H,3,8-9,11-14H2/t20-/m0/s1. The van der Waals surface area contributed by atoms with E-state index in [1.807, 2.05) is 12.1 Å². The second-order valence-corrected chi connectivity index (χ2v) is 7.01. The van der Waals surface area contributed by atoms with Crippen LogP contribution < -0.4 is 0 Å². The lowest BCUT2D eigenvalue weighted by Crippen LogP contribution is -2.46. The molecule has 2 aromatic rings. The van der Waals surface area contributed by atoms with E-state index in [1.54, 1.807) is 12.1 Å². The second kappa shape index (κ2) is 7.50. The van der Waals surface area contributed by atoms with Crippen molar-refractivity contribution in [2.24, 2.45) is 5.41 Å². The number of phenolic OH excluding ortho intramolecular Hbond substituents is 1. The molecule has 0 saturated carbocycles. The average molecular weight is 347 g/mol. The molecule has 2 aromatic carbocycles. The topological polar surface area (TPSA) is 43.7 Å². The van der Waals surface area contributed by atoms with Gasteiger partial charge in [0.2, 0.25) is 0 Å². The Kier molecular flexibility index (Phi) is 5.35. The maximum atomic E-state index is 14.0. The quantitative estimate of drug-likeness (QED) is 0.870. The summed E-state index contributed by atoms with van der Waals surface area (Å²) in [7, 11) is 0. The molecule has 0 spiro atoms. The summed E-state index contributed by atoms with van der Waals surface area (Å²) in [4.78, 5) is 2.18. The van der Waals surface area contributed by atoms with Gasteiger partial charge in [-0.1, -0.05) is 24.3 Å². The van der Waals surface area contributed by atoms with E-state index in [1.165, 1.54) is 12.1 Å². The summed E-state index contributed by atoms with van der Waals surface area (Å²) in [6.45, 7) is 2.00. The molecular weight excluding hydrogens is 324 g/mol. The van der Waals surface area contributed by atoms with Gasteiger partial charge < -0.3 is 10.2 Å². The third-order valence-electron chi connectivity index (χ3n) is 5.04. The van der Waals surface area contributed by atoms with Gasteiger partial charge in [0.15, 0.2) is 0 Å². The molecule has 1 aliphatic heterocycles. The summed E-state index contributed by atoms with van der Waals surface area (Å²) in [6.07, 6.45) is 2.04. The Morgan fingerprint density at radius 3 is 2.60 bits per heavy atom. The maximum Gasteiger partial charge on any atom is 0.129 e. The van der Waals surface area contributed by atoms with Crippen molar-refractivity contribution >= 4 is 0 Å². The Balaban J connectivity index is 1.75. The monoisotopic (exact) mass is 347 g/mol. The Bertz CT molecular complexity index is 737. The van der Waals surface area contributed by atoms with Crippen molar-refractivity contribution in [3.05, 3.63) is 65.2 Å². The van der Waals surface area contributed by atoms with Crippen LogP contribution in [0.2, 0.25) is 0 Å². The zero-order valence-electron chi connectivity index (χ0n) is 14.1. The minimum absolute atomic E-state index is 0.0545. The van der Waals surface area contributed by atoms with Crippen LogP contribution in [0.3, 0.4) is 0 Å². The van der Waals surface area contributed by atoms with Crippen LogP contribution in [-0.4, -0.2) is 34.8 Å². The fourth-order valence-corrected chi connectivity index (χ4v) is 3.73. The van der Waals surface area contributed by atoms with Crippen molar-refractivity contribution in [3.63, 3.8) is 0 Å². The van der Waals surface area contributed by atoms with Gasteiger partial charge in [-0.05, 0) is 43.5 Å². The summed E-state index contributed by atoms with van der Waals surface area (Å²) >= 11 is 0. The third-order valence-corrected chi connectivity index (χ3v) is 5.04. The average Bonchev–Trinajstić information content (AvgIpc) is 2.60. The fourth-order valence-electron chi connectivity index (χ4n) is 3.73. The highest BCUT2D eigenvalue weighted by Crippen LogP contribution is 2.35. The van der Waals surface area contributed by atoms with E-state index in [4.69, 9.17) is 0 Å². The highest BCUT2D eigenvalue weighted by atomic mass is 19.1. The lowest BCUT2D eigenvalue weighted by molar-refractivity contribution is 0.0280. The molecule has 1 atom stereocenters. The predicted octanol–water partition coefficient (Wildman–Crippen LogP) is 3.49. The van der Waals surface area contributed by atoms with Crippen LogP contribution in [0.4, 0.5) is 8.78 Å². The summed E-state index contributed by atoms with van der Waals surface area (Å²) in [5.41, 5.74) is 0.811. The second-order valence-electron chi connectivity index (χ2n) is 7.01. The minimum atomic E-state index is -0.593. The first-order valence-electron chi connectivity index (χ1n) is 8.55. The van der Waals surface area contributed by atoms with Crippen molar-refractivity contribution in [1.29, 1.82) is 0 Å². The number of aliphatic hydroxyl groups excluding tert-OH is 1. The number of benzene rings is 2. The fraction of sp³-hybridized carbons (Fsp3) is 0.400. The van der Waals surface area contributed by atoms with Crippen molar-refractivity contribution in [1.82, 2.24) is 4.90 Å². The smallest absolute Gasteiger partial charge is 0.129 e. The number of likely N-dealkylation sites (tertiary alicyclic amines) is 1. The number of piperidine rings is 1. The summed E-state index contributed by atoms with van der Waals surface area (Å²) in [6, 6.07) is 10.8. The molecule has 2 N–H and O–H groups in total. The molecule has 0 aliphatic carbocycles. The maximum absolute atomic E-state index is 14.0. The van der Waals surface area contributed by atoms with Gasteiger partial charge in [0.05, 0.1) is 6.61 Å². The van der Waals surface area contributed by atoms with Crippen LogP contribution in [0.15, 0.2) is 42.5 Å². The lowest BCUT2D eigenvalue weighted by atomic mass is 9.75. The number of rotatable bonds is 5. The molecule has 0 bridgehead atoms. The minimum Gasteiger partial charge on any atom is -0.508 e. The highest BCUT2D eigenvalue weighted by molar-refractivity contribution is 5.31. The van der Waals surface area contributed by atoms with Crippen LogP contribution >= 0.6 is 0 Å². The van der Waals surface area contributed by atoms with Gasteiger partial charge in [-0.25, -0.2) is 8.78 Å². The number of nitrogens with zero attached hydrogens (tertiary/aromatic N) is 1. The van der Waals surface area contributed by atoms with Crippen LogP contribution in [0.5, 0.6) is 5.75 Å². The van der Waals surface area contributed by atoms with Crippen molar-refractivity contribution in [3.8, 4) is 5.75 Å². The SMILES string of the molecule is OC[C@]1(Cc2ccc(F)cc2F)CCCN(Cc2ccccc2O)C1. The Morgan fingerprint density at radius 1 is 1.08 bits per heavy atom.